The third kappa shape index (κ3) is 6.08. The first-order valence-electron chi connectivity index (χ1n) is 11.2. The molecule has 4 rings (SSSR count). The second-order valence-corrected chi connectivity index (χ2v) is 10.1. The molecule has 0 aliphatic carbocycles. The number of carbonyl (C=O) groups excluding carboxylic acids is 1. The molecule has 10 nitrogen and oxygen atoms in total. The molecule has 0 aliphatic rings. The van der Waals surface area contributed by atoms with E-state index in [-0.39, 0.29) is 29.0 Å². The number of hydrogen-bond donors (Lipinski definition) is 4. The monoisotopic (exact) mass is 540 g/mol. The lowest BCUT2D eigenvalue weighted by atomic mass is 10.2. The van der Waals surface area contributed by atoms with Gasteiger partial charge in [-0.25, -0.2) is 18.4 Å². The molecule has 4 N–H and O–H groups in total. The number of fused-ring (bicyclic) bond motifs is 1. The largest absolute Gasteiger partial charge is 0.497 e. The van der Waals surface area contributed by atoms with Crippen molar-refractivity contribution in [2.75, 3.05) is 36.1 Å². The van der Waals surface area contributed by atoms with Crippen molar-refractivity contribution in [1.82, 2.24) is 15.3 Å². The van der Waals surface area contributed by atoms with Crippen molar-refractivity contribution in [2.24, 2.45) is 0 Å². The number of nitrogens with one attached hydrogen (secondary N) is 4. The standard InChI is InChI=1S/C25H25ClN6O4S/c1-15-8-9-16(28-23(33)14-27-2)12-22(15)37(34,35)32-25-24(29-19-6-4-5-7-20(19)30-25)31-21-13-17(36-3)10-11-18(21)26/h4-13,27H,14H2,1-3H3,(H,28,33)(H,29,31)(H,30,32). The molecule has 0 aliphatic heterocycles. The minimum atomic E-state index is -4.14. The van der Waals surface area contributed by atoms with Gasteiger partial charge in [0.15, 0.2) is 11.6 Å². The van der Waals surface area contributed by atoms with Crippen molar-refractivity contribution in [3.05, 3.63) is 71.2 Å². The summed E-state index contributed by atoms with van der Waals surface area (Å²) in [5.41, 5.74) is 2.33. The molecule has 1 aromatic heterocycles. The van der Waals surface area contributed by atoms with Gasteiger partial charge >= 0.3 is 0 Å². The van der Waals surface area contributed by atoms with E-state index in [0.717, 1.165) is 0 Å². The van der Waals surface area contributed by atoms with Crippen LogP contribution in [0.1, 0.15) is 5.56 Å². The summed E-state index contributed by atoms with van der Waals surface area (Å²) in [5, 5.41) is 8.87. The maximum atomic E-state index is 13.5. The summed E-state index contributed by atoms with van der Waals surface area (Å²) in [6.45, 7) is 1.75. The van der Waals surface area contributed by atoms with Crippen LogP contribution in [0.5, 0.6) is 5.75 Å². The molecule has 0 unspecified atom stereocenters. The van der Waals surface area contributed by atoms with Crippen LogP contribution in [0.25, 0.3) is 11.0 Å². The van der Waals surface area contributed by atoms with Crippen LogP contribution < -0.4 is 25.4 Å². The van der Waals surface area contributed by atoms with E-state index in [4.69, 9.17) is 16.3 Å². The molecular formula is C25H25ClN6O4S. The Morgan fingerprint density at radius 1 is 1.00 bits per heavy atom. The number of para-hydroxylation sites is 2. The summed E-state index contributed by atoms with van der Waals surface area (Å²) in [4.78, 5) is 21.1. The Kier molecular flexibility index (Phi) is 7.77. The minimum absolute atomic E-state index is 0.0184. The second kappa shape index (κ2) is 11.0. The highest BCUT2D eigenvalue weighted by Crippen LogP contribution is 2.33. The molecule has 0 bridgehead atoms. The smallest absolute Gasteiger partial charge is 0.263 e. The zero-order valence-corrected chi connectivity index (χ0v) is 21.9. The van der Waals surface area contributed by atoms with Crippen molar-refractivity contribution < 1.29 is 17.9 Å². The van der Waals surface area contributed by atoms with Crippen molar-refractivity contribution >= 4 is 61.6 Å². The van der Waals surface area contributed by atoms with Gasteiger partial charge in [-0.2, -0.15) is 0 Å². The first kappa shape index (κ1) is 26.1. The van der Waals surface area contributed by atoms with Gasteiger partial charge in [-0.15, -0.1) is 0 Å². The van der Waals surface area contributed by atoms with Gasteiger partial charge in [0.1, 0.15) is 5.75 Å². The van der Waals surface area contributed by atoms with Gasteiger partial charge < -0.3 is 20.7 Å². The Hall–Kier alpha value is -3.93. The van der Waals surface area contributed by atoms with Crippen molar-refractivity contribution in [3.8, 4) is 5.75 Å². The Balaban J connectivity index is 1.75. The summed E-state index contributed by atoms with van der Waals surface area (Å²) in [6.07, 6.45) is 0. The van der Waals surface area contributed by atoms with Crippen LogP contribution in [0, 0.1) is 6.92 Å². The summed E-state index contributed by atoms with van der Waals surface area (Å²) in [7, 11) is -0.968. The molecule has 1 amide bonds. The van der Waals surface area contributed by atoms with Crippen LogP contribution in [0.4, 0.5) is 23.0 Å². The number of halogens is 1. The number of sulfonamides is 1. The predicted molar refractivity (Wildman–Crippen MR) is 145 cm³/mol. The third-order valence-corrected chi connectivity index (χ3v) is 7.14. The van der Waals surface area contributed by atoms with Crippen molar-refractivity contribution in [2.45, 2.75) is 11.8 Å². The van der Waals surface area contributed by atoms with Crippen LogP contribution in [0.15, 0.2) is 65.6 Å². The SMILES string of the molecule is CNCC(=O)Nc1ccc(C)c(S(=O)(=O)Nc2nc3ccccc3nc2Nc2cc(OC)ccc2Cl)c1. The molecule has 1 heterocycles. The lowest BCUT2D eigenvalue weighted by molar-refractivity contribution is -0.115. The van der Waals surface area contributed by atoms with E-state index in [9.17, 15) is 13.2 Å². The highest BCUT2D eigenvalue weighted by Gasteiger charge is 2.22. The first-order valence-corrected chi connectivity index (χ1v) is 13.0. The second-order valence-electron chi connectivity index (χ2n) is 8.04. The number of hydrogen-bond acceptors (Lipinski definition) is 8. The van der Waals surface area contributed by atoms with E-state index in [1.807, 2.05) is 0 Å². The van der Waals surface area contributed by atoms with Gasteiger partial charge in [-0.1, -0.05) is 29.8 Å². The molecule has 37 heavy (non-hydrogen) atoms. The Labute approximate surface area is 219 Å². The molecule has 0 radical (unpaired) electrons. The Morgan fingerprint density at radius 3 is 2.38 bits per heavy atom. The number of likely N-dealkylation sites (N-methyl/N-ethyl adjacent to an activating group) is 1. The zero-order valence-electron chi connectivity index (χ0n) is 20.3. The van der Waals surface area contributed by atoms with Crippen LogP contribution in [0.2, 0.25) is 5.02 Å². The number of amides is 1. The zero-order chi connectivity index (χ0) is 26.6. The lowest BCUT2D eigenvalue weighted by Crippen LogP contribution is -2.25. The molecule has 0 spiro atoms. The number of anilines is 4. The molecule has 0 saturated heterocycles. The summed E-state index contributed by atoms with van der Waals surface area (Å²) in [6, 6.07) is 16.7. The molecule has 0 saturated carbocycles. The van der Waals surface area contributed by atoms with Gasteiger partial charge in [0.25, 0.3) is 10.0 Å². The fraction of sp³-hybridized carbons (Fsp3) is 0.160. The van der Waals surface area contributed by atoms with Gasteiger partial charge in [-0.05, 0) is 55.9 Å². The number of carbonyl (C=O) groups is 1. The summed E-state index contributed by atoms with van der Waals surface area (Å²) in [5.74, 6) is 0.371. The molecule has 4 aromatic rings. The van der Waals surface area contributed by atoms with Gasteiger partial charge in [0, 0.05) is 11.8 Å². The number of nitrogens with zero attached hydrogens (tertiary/aromatic N) is 2. The Bertz CT molecular complexity index is 1580. The molecule has 0 atom stereocenters. The lowest BCUT2D eigenvalue weighted by Gasteiger charge is -2.16. The molecule has 192 valence electrons. The highest BCUT2D eigenvalue weighted by atomic mass is 35.5. The average Bonchev–Trinajstić information content (AvgIpc) is 2.86. The van der Waals surface area contributed by atoms with E-state index in [2.05, 4.69) is 30.6 Å². The highest BCUT2D eigenvalue weighted by molar-refractivity contribution is 7.92. The van der Waals surface area contributed by atoms with E-state index in [0.29, 0.717) is 38.7 Å². The van der Waals surface area contributed by atoms with Crippen LogP contribution >= 0.6 is 11.6 Å². The van der Waals surface area contributed by atoms with E-state index in [1.165, 1.54) is 13.2 Å². The van der Waals surface area contributed by atoms with Gasteiger partial charge in [0.05, 0.1) is 40.3 Å². The third-order valence-electron chi connectivity index (χ3n) is 5.33. The van der Waals surface area contributed by atoms with E-state index >= 15 is 0 Å². The maximum Gasteiger partial charge on any atom is 0.263 e. The summed E-state index contributed by atoms with van der Waals surface area (Å²) < 4.78 is 34.9. The number of rotatable bonds is 9. The minimum Gasteiger partial charge on any atom is -0.497 e. The first-order chi connectivity index (χ1) is 17.7. The van der Waals surface area contributed by atoms with Gasteiger partial charge in [-0.3, -0.25) is 9.52 Å². The van der Waals surface area contributed by atoms with Crippen LogP contribution in [-0.2, 0) is 14.8 Å². The van der Waals surface area contributed by atoms with Crippen LogP contribution in [-0.4, -0.2) is 45.0 Å². The van der Waals surface area contributed by atoms with Crippen molar-refractivity contribution in [3.63, 3.8) is 0 Å². The topological polar surface area (TPSA) is 134 Å². The molecular weight excluding hydrogens is 516 g/mol. The quantitative estimate of drug-likeness (QED) is 0.247. The molecule has 0 fully saturated rings. The fourth-order valence-corrected chi connectivity index (χ4v) is 4.97. The Morgan fingerprint density at radius 2 is 1.70 bits per heavy atom. The maximum absolute atomic E-state index is 13.5. The van der Waals surface area contributed by atoms with Gasteiger partial charge in [0.2, 0.25) is 5.91 Å². The van der Waals surface area contributed by atoms with E-state index in [1.54, 1.807) is 68.6 Å². The molecule has 12 heteroatoms. The number of ether oxygens (including phenoxy) is 1. The average molecular weight is 541 g/mol. The van der Waals surface area contributed by atoms with E-state index < -0.39 is 10.0 Å². The fourth-order valence-electron chi connectivity index (χ4n) is 3.53. The molecule has 3 aromatic carbocycles. The number of aromatic nitrogens is 2. The summed E-state index contributed by atoms with van der Waals surface area (Å²) >= 11 is 6.36. The van der Waals surface area contributed by atoms with Crippen molar-refractivity contribution in [1.29, 1.82) is 0 Å². The van der Waals surface area contributed by atoms with Crippen LogP contribution in [0.3, 0.4) is 0 Å². The number of methoxy groups -OCH3 is 1. The normalized spacial score (nSPS) is 11.2. The number of aryl methyl sites for hydroxylation is 1. The number of benzene rings is 3. The predicted octanol–water partition coefficient (Wildman–Crippen LogP) is 4.30.